The predicted molar refractivity (Wildman–Crippen MR) is 80.8 cm³/mol. The van der Waals surface area contributed by atoms with Crippen LogP contribution in [0.5, 0.6) is 11.5 Å². The third kappa shape index (κ3) is 2.99. The molecule has 0 spiro atoms. The lowest BCUT2D eigenvalue weighted by molar-refractivity contribution is 0.0959. The van der Waals surface area contributed by atoms with E-state index in [2.05, 4.69) is 9.97 Å². The van der Waals surface area contributed by atoms with E-state index in [1.54, 1.807) is 0 Å². The van der Waals surface area contributed by atoms with E-state index in [-0.39, 0.29) is 12.1 Å². The summed E-state index contributed by atoms with van der Waals surface area (Å²) in [6.45, 7) is 3.07. The first kappa shape index (κ1) is 13.5. The van der Waals surface area contributed by atoms with Gasteiger partial charge < -0.3 is 20.1 Å². The van der Waals surface area contributed by atoms with E-state index in [0.29, 0.717) is 13.2 Å². The van der Waals surface area contributed by atoms with Crippen LogP contribution in [-0.4, -0.2) is 36.3 Å². The van der Waals surface area contributed by atoms with Crippen LogP contribution >= 0.6 is 0 Å². The Balaban J connectivity index is 1.70. The summed E-state index contributed by atoms with van der Waals surface area (Å²) in [5, 5.41) is 0. The summed E-state index contributed by atoms with van der Waals surface area (Å²) in [5.74, 6) is 2.63. The quantitative estimate of drug-likeness (QED) is 0.924. The minimum atomic E-state index is -0.0543. The summed E-state index contributed by atoms with van der Waals surface area (Å²) in [5.41, 5.74) is 6.53. The lowest BCUT2D eigenvalue weighted by atomic mass is 10.2. The highest BCUT2D eigenvalue weighted by Crippen LogP contribution is 2.31. The van der Waals surface area contributed by atoms with Crippen molar-refractivity contribution in [1.29, 1.82) is 0 Å². The Bertz CT molecular complexity index is 627. The number of rotatable bonds is 3. The van der Waals surface area contributed by atoms with Gasteiger partial charge in [-0.3, -0.25) is 0 Å². The summed E-state index contributed by atoms with van der Waals surface area (Å²) in [6.07, 6.45) is -0.0543. The van der Waals surface area contributed by atoms with Crippen LogP contribution in [0.3, 0.4) is 0 Å². The molecule has 0 fully saturated rings. The van der Waals surface area contributed by atoms with Crippen molar-refractivity contribution in [3.8, 4) is 11.5 Å². The Morgan fingerprint density at radius 2 is 2.05 bits per heavy atom. The molecule has 0 aliphatic carbocycles. The topological polar surface area (TPSA) is 73.5 Å². The van der Waals surface area contributed by atoms with Crippen molar-refractivity contribution in [3.05, 3.63) is 36.0 Å². The molecule has 3 rings (SSSR count). The molecule has 21 heavy (non-hydrogen) atoms. The number of likely N-dealkylation sites (N-methyl/N-ethyl adjacent to an activating group) is 1. The fourth-order valence-corrected chi connectivity index (χ4v) is 2.32. The number of anilines is 2. The van der Waals surface area contributed by atoms with Crippen molar-refractivity contribution < 1.29 is 9.47 Å². The molecule has 0 bridgehead atoms. The SMILES string of the molecule is Cc1cc(N(C)C[C@H]2COc3ccccc3O2)nc(N)n1. The first-order valence-corrected chi connectivity index (χ1v) is 6.82. The molecule has 0 radical (unpaired) electrons. The molecule has 0 saturated heterocycles. The van der Waals surface area contributed by atoms with Crippen molar-refractivity contribution in [3.63, 3.8) is 0 Å². The number of para-hydroxylation sites is 2. The van der Waals surface area contributed by atoms with Gasteiger partial charge in [0.1, 0.15) is 12.4 Å². The summed E-state index contributed by atoms with van der Waals surface area (Å²) in [7, 11) is 1.95. The van der Waals surface area contributed by atoms with E-state index in [0.717, 1.165) is 23.0 Å². The summed E-state index contributed by atoms with van der Waals surface area (Å²) in [4.78, 5) is 10.3. The number of benzene rings is 1. The predicted octanol–water partition coefficient (Wildman–Crippen LogP) is 1.64. The number of nitrogens with zero attached hydrogens (tertiary/aromatic N) is 3. The van der Waals surface area contributed by atoms with E-state index in [4.69, 9.17) is 15.2 Å². The van der Waals surface area contributed by atoms with Crippen molar-refractivity contribution >= 4 is 11.8 Å². The smallest absolute Gasteiger partial charge is 0.222 e. The van der Waals surface area contributed by atoms with Gasteiger partial charge in [0, 0.05) is 18.8 Å². The van der Waals surface area contributed by atoms with Crippen LogP contribution in [0.2, 0.25) is 0 Å². The average Bonchev–Trinajstić information content (AvgIpc) is 2.46. The summed E-state index contributed by atoms with van der Waals surface area (Å²) < 4.78 is 11.7. The number of hydrogen-bond acceptors (Lipinski definition) is 6. The maximum Gasteiger partial charge on any atom is 0.222 e. The molecule has 1 aromatic heterocycles. The third-order valence-corrected chi connectivity index (χ3v) is 3.29. The Kier molecular flexibility index (Phi) is 3.51. The second kappa shape index (κ2) is 5.47. The number of fused-ring (bicyclic) bond motifs is 1. The van der Waals surface area contributed by atoms with Gasteiger partial charge in [-0.25, -0.2) is 4.98 Å². The van der Waals surface area contributed by atoms with Crippen molar-refractivity contribution in [2.24, 2.45) is 0 Å². The lowest BCUT2D eigenvalue weighted by Crippen LogP contribution is -2.39. The van der Waals surface area contributed by atoms with Crippen LogP contribution in [0, 0.1) is 6.92 Å². The maximum absolute atomic E-state index is 5.94. The third-order valence-electron chi connectivity index (χ3n) is 3.29. The number of nitrogen functional groups attached to an aromatic ring is 1. The minimum absolute atomic E-state index is 0.0543. The second-order valence-corrected chi connectivity index (χ2v) is 5.10. The molecule has 1 atom stereocenters. The first-order valence-electron chi connectivity index (χ1n) is 6.82. The Morgan fingerprint density at radius 3 is 2.81 bits per heavy atom. The summed E-state index contributed by atoms with van der Waals surface area (Å²) in [6, 6.07) is 9.58. The highest BCUT2D eigenvalue weighted by molar-refractivity contribution is 5.44. The highest BCUT2D eigenvalue weighted by atomic mass is 16.6. The van der Waals surface area contributed by atoms with E-state index < -0.39 is 0 Å². The molecule has 1 aliphatic rings. The zero-order valence-electron chi connectivity index (χ0n) is 12.1. The summed E-state index contributed by atoms with van der Waals surface area (Å²) >= 11 is 0. The van der Waals surface area contributed by atoms with Crippen LogP contribution < -0.4 is 20.1 Å². The molecule has 0 unspecified atom stereocenters. The van der Waals surface area contributed by atoms with Gasteiger partial charge in [0.25, 0.3) is 0 Å². The zero-order valence-corrected chi connectivity index (χ0v) is 12.1. The van der Waals surface area contributed by atoms with Crippen LogP contribution in [0.1, 0.15) is 5.69 Å². The molecule has 6 nitrogen and oxygen atoms in total. The number of ether oxygens (including phenoxy) is 2. The normalized spacial score (nSPS) is 16.6. The average molecular weight is 286 g/mol. The Labute approximate surface area is 123 Å². The Hall–Kier alpha value is -2.50. The molecule has 0 amide bonds. The van der Waals surface area contributed by atoms with Gasteiger partial charge in [-0.1, -0.05) is 12.1 Å². The first-order chi connectivity index (χ1) is 10.1. The molecule has 2 aromatic rings. The van der Waals surface area contributed by atoms with Crippen LogP contribution in [0.15, 0.2) is 30.3 Å². The van der Waals surface area contributed by atoms with Crippen molar-refractivity contribution in [2.75, 3.05) is 30.8 Å². The van der Waals surface area contributed by atoms with Crippen LogP contribution in [0.4, 0.5) is 11.8 Å². The van der Waals surface area contributed by atoms with E-state index in [9.17, 15) is 0 Å². The van der Waals surface area contributed by atoms with Crippen molar-refractivity contribution in [1.82, 2.24) is 9.97 Å². The molecule has 6 heteroatoms. The number of aromatic nitrogens is 2. The van der Waals surface area contributed by atoms with Crippen molar-refractivity contribution in [2.45, 2.75) is 13.0 Å². The number of hydrogen-bond donors (Lipinski definition) is 1. The minimum Gasteiger partial charge on any atom is -0.486 e. The standard InChI is InChI=1S/C15H18N4O2/c1-10-7-14(18-15(16)17-10)19(2)8-11-9-20-12-5-3-4-6-13(12)21-11/h3-7,11H,8-9H2,1-2H3,(H2,16,17,18)/t11-/m0/s1. The molecule has 1 aliphatic heterocycles. The van der Waals surface area contributed by atoms with E-state index >= 15 is 0 Å². The lowest BCUT2D eigenvalue weighted by Gasteiger charge is -2.30. The van der Waals surface area contributed by atoms with Gasteiger partial charge in [-0.15, -0.1) is 0 Å². The van der Waals surface area contributed by atoms with E-state index in [1.807, 2.05) is 49.2 Å². The molecular formula is C15H18N4O2. The fourth-order valence-electron chi connectivity index (χ4n) is 2.32. The molecule has 1 aromatic carbocycles. The highest BCUT2D eigenvalue weighted by Gasteiger charge is 2.22. The molecule has 2 heterocycles. The number of nitrogens with two attached hydrogens (primary N) is 1. The van der Waals surface area contributed by atoms with E-state index in [1.165, 1.54) is 0 Å². The van der Waals surface area contributed by atoms with Gasteiger partial charge in [0.05, 0.1) is 6.54 Å². The number of aryl methyl sites for hydroxylation is 1. The van der Waals surface area contributed by atoms with Gasteiger partial charge in [0.15, 0.2) is 17.6 Å². The largest absolute Gasteiger partial charge is 0.486 e. The van der Waals surface area contributed by atoms with Gasteiger partial charge in [0.2, 0.25) is 5.95 Å². The molecule has 110 valence electrons. The monoisotopic (exact) mass is 286 g/mol. The molecular weight excluding hydrogens is 268 g/mol. The molecule has 0 saturated carbocycles. The zero-order chi connectivity index (χ0) is 14.8. The van der Waals surface area contributed by atoms with Crippen LogP contribution in [0.25, 0.3) is 0 Å². The van der Waals surface area contributed by atoms with Gasteiger partial charge in [-0.2, -0.15) is 4.98 Å². The second-order valence-electron chi connectivity index (χ2n) is 5.10. The van der Waals surface area contributed by atoms with Crippen LogP contribution in [-0.2, 0) is 0 Å². The fraction of sp³-hybridized carbons (Fsp3) is 0.333. The molecule has 2 N–H and O–H groups in total. The van der Waals surface area contributed by atoms with Gasteiger partial charge in [-0.05, 0) is 19.1 Å². The maximum atomic E-state index is 5.94. The Morgan fingerprint density at radius 1 is 1.29 bits per heavy atom. The van der Waals surface area contributed by atoms with Gasteiger partial charge >= 0.3 is 0 Å².